The Hall–Kier alpha value is -11.6. The monoisotopic (exact) mass is 2120 g/mol. The molecule has 4 saturated heterocycles. The molecule has 0 radical (unpaired) electrons. The number of sulfonamides is 6. The van der Waals surface area contributed by atoms with Crippen molar-refractivity contribution in [2.45, 2.75) is 260 Å². The summed E-state index contributed by atoms with van der Waals surface area (Å²) in [7, 11) is -19.1. The maximum atomic E-state index is 12.3. The lowest BCUT2D eigenvalue weighted by molar-refractivity contribution is 0.00759. The van der Waals surface area contributed by atoms with Gasteiger partial charge >= 0.3 is 18.3 Å². The molecule has 792 valence electrons. The Morgan fingerprint density at radius 1 is 0.303 bits per heavy atom. The van der Waals surface area contributed by atoms with Gasteiger partial charge in [0.25, 0.3) is 60.1 Å². The van der Waals surface area contributed by atoms with Gasteiger partial charge in [-0.2, -0.15) is 0 Å². The minimum atomic E-state index is -3.59. The first-order valence-corrected chi connectivity index (χ1v) is 58.6. The summed E-state index contributed by atoms with van der Waals surface area (Å²) in [6.07, 6.45) is 18.5. The topological polar surface area (TPSA) is 582 Å². The molecule has 40 nitrogen and oxygen atoms in total. The number of hydrogen-bond acceptors (Lipinski definition) is 31. The highest BCUT2D eigenvalue weighted by Crippen LogP contribution is 2.39. The number of nitrogens with zero attached hydrogens (tertiary/aromatic N) is 10. The molecular weight excluding hydrogens is 1990 g/mol. The molecule has 3 amide bonds. The maximum absolute atomic E-state index is 12.3. The van der Waals surface area contributed by atoms with Crippen LogP contribution in [0.4, 0.5) is 14.4 Å². The van der Waals surface area contributed by atoms with E-state index in [2.05, 4.69) is 38.3 Å². The molecule has 10 heterocycles. The largest absolute Gasteiger partial charge is 0.493 e. The molecular formula is C99H136N16O24S6. The van der Waals surface area contributed by atoms with Crippen LogP contribution >= 0.6 is 0 Å². The van der Waals surface area contributed by atoms with Crippen LogP contribution < -0.4 is 62.8 Å². The van der Waals surface area contributed by atoms with E-state index in [1.165, 1.54) is 38.5 Å². The van der Waals surface area contributed by atoms with E-state index in [4.69, 9.17) is 77.0 Å². The molecule has 0 bridgehead atoms. The number of carbonyl (C=O) groups excluding carboxylic acids is 3. The number of carbonyl (C=O) groups is 3. The molecule has 18 rings (SSSR count). The molecule has 6 aromatic rings. The van der Waals surface area contributed by atoms with E-state index in [0.29, 0.717) is 166 Å². The third-order valence-corrected chi connectivity index (χ3v) is 32.3. The highest BCUT2D eigenvalue weighted by Gasteiger charge is 2.38. The van der Waals surface area contributed by atoms with Crippen molar-refractivity contribution in [1.82, 2.24) is 19.6 Å². The van der Waals surface area contributed by atoms with E-state index in [0.717, 1.165) is 96.6 Å². The lowest BCUT2D eigenvalue weighted by atomic mass is 9.94. The summed E-state index contributed by atoms with van der Waals surface area (Å²) >= 11 is 0. The number of rotatable bonds is 15. The van der Waals surface area contributed by atoms with Crippen LogP contribution in [0.3, 0.4) is 0 Å². The lowest BCUT2D eigenvalue weighted by Gasteiger charge is -2.34. The second-order valence-corrected chi connectivity index (χ2v) is 50.7. The SMILES string of the molecule is CC(C)(C)OC(=O)N1CCC(CCOc2cccc3c2C(N)=NS(=O)(=O)C3)CC1.CC(C)(C)OC(=O)N1CCC(COc2cccc3c2C(N)=NS(=O)(=O)C3)CC1.CC(C)(C)OC(=O)N1CCC[C@H](Oc2cccc3c2C(N)=NS(=O)(=O)C3)C1.CN1CCC(Oc2cccc3c2C(N)=NS(=O)(=O)C3)CC1.NC1=NS(=O)(=O)Cc2cccc(OC3CCCCC3)c21.NC1=NS(=O)(=O)Cc2cccc(OC3CCCCC3)c21. The summed E-state index contributed by atoms with van der Waals surface area (Å²) in [4.78, 5) is 44.0. The fraction of sp³-hybridized carbons (Fsp3) is 0.545. The van der Waals surface area contributed by atoms with Gasteiger partial charge in [-0.05, 0) is 260 Å². The molecule has 6 fully saturated rings. The molecule has 10 aliphatic heterocycles. The van der Waals surface area contributed by atoms with Gasteiger partial charge in [-0.25, -0.2) is 64.9 Å². The number of benzene rings is 6. The number of hydrogen-bond donors (Lipinski definition) is 6. The highest BCUT2D eigenvalue weighted by atomic mass is 32.2. The molecule has 2 aliphatic carbocycles. The van der Waals surface area contributed by atoms with Crippen molar-refractivity contribution in [2.75, 3.05) is 72.6 Å². The molecule has 12 aliphatic rings. The minimum Gasteiger partial charge on any atom is -0.493 e. The Kier molecular flexibility index (Phi) is 35.6. The summed E-state index contributed by atoms with van der Waals surface area (Å²) in [5.41, 5.74) is 40.9. The van der Waals surface area contributed by atoms with Crippen molar-refractivity contribution >= 4 is 113 Å². The standard InChI is InChI=1S/C20H29N3O5S.C19H27N3O5S.C18H25N3O5S.C14H19N3O3S.2C14H18N2O3S/c1-20(2,3)28-19(24)23-10-7-14(8-11-23)9-12-27-16-6-4-5-15-13-29(25,26)22-18(21)17(15)16;1-19(2,3)27-18(23)22-9-7-13(8-10-22)11-26-15-6-4-5-14-12-28(24,25)21-17(20)16(14)15;1-18(2,3)26-17(22)21-9-5-7-13(10-21)25-14-8-4-6-12-11-27(23,24)20-16(19)15(12)14;1-17-7-5-11(6-8-17)20-12-4-2-3-10-9-21(18,19)16-14(15)13(10)12;2*15-14-13-10(9-20(17,18)16-14)5-4-8-12(13)19-11-6-2-1-3-7-11/h4-6,14H,7-13H2,1-3H3,(H2,21,22);4-6,13H,7-12H2,1-3H3,(H2,20,21);4,6,8,13H,5,7,9-11H2,1-3H3,(H2,19,20);2-4,11H,5-9H2,1H3,(H2,15,16);2*4-5,8,11H,1-3,6-7,9H2,(H2,15,16)/t;;13-;;;/m..0.../s1. The molecule has 0 spiro atoms. The fourth-order valence-corrected chi connectivity index (χ4v) is 25.2. The van der Waals surface area contributed by atoms with Crippen LogP contribution in [0.2, 0.25) is 0 Å². The third kappa shape index (κ3) is 31.7. The van der Waals surface area contributed by atoms with Crippen LogP contribution in [0.25, 0.3) is 0 Å². The lowest BCUT2D eigenvalue weighted by Crippen LogP contribution is -2.46. The second-order valence-electron chi connectivity index (χ2n) is 40.9. The zero-order valence-electron chi connectivity index (χ0n) is 83.8. The van der Waals surface area contributed by atoms with E-state index in [9.17, 15) is 64.9 Å². The molecule has 1 atom stereocenters. The van der Waals surface area contributed by atoms with Gasteiger partial charge in [-0.1, -0.05) is 85.6 Å². The zero-order valence-corrected chi connectivity index (χ0v) is 88.7. The van der Waals surface area contributed by atoms with E-state index in [-0.39, 0.29) is 112 Å². The van der Waals surface area contributed by atoms with Crippen LogP contribution in [0.5, 0.6) is 34.5 Å². The first kappa shape index (κ1) is 111. The molecule has 2 saturated carbocycles. The third-order valence-electron chi connectivity index (χ3n) is 25.4. The van der Waals surface area contributed by atoms with Crippen LogP contribution in [0.15, 0.2) is 136 Å². The smallest absolute Gasteiger partial charge is 0.410 e. The van der Waals surface area contributed by atoms with E-state index in [1.807, 2.05) is 92.6 Å². The molecule has 6 aromatic carbocycles. The number of amides is 3. The number of amidine groups is 6. The van der Waals surface area contributed by atoms with Gasteiger partial charge in [0.1, 0.15) is 98.5 Å². The Bertz CT molecular complexity index is 6550. The summed E-state index contributed by atoms with van der Waals surface area (Å²) in [5.74, 6) is 3.42. The number of ether oxygens (including phenoxy) is 9. The Balaban J connectivity index is 0.000000147. The maximum Gasteiger partial charge on any atom is 0.410 e. The van der Waals surface area contributed by atoms with Gasteiger partial charge in [-0.3, -0.25) is 0 Å². The molecule has 145 heavy (non-hydrogen) atoms. The first-order chi connectivity index (χ1) is 68.2. The van der Waals surface area contributed by atoms with E-state index < -0.39 is 76.9 Å². The normalized spacial score (nSPS) is 21.0. The zero-order chi connectivity index (χ0) is 105. The van der Waals surface area contributed by atoms with Gasteiger partial charge in [0, 0.05) is 45.8 Å². The molecule has 12 N–H and O–H groups in total. The van der Waals surface area contributed by atoms with E-state index >= 15 is 0 Å². The summed E-state index contributed by atoms with van der Waals surface area (Å²) in [5, 5.41) is 0. The summed E-state index contributed by atoms with van der Waals surface area (Å²) in [6.45, 7) is 23.2. The van der Waals surface area contributed by atoms with Gasteiger partial charge in [0.15, 0.2) is 0 Å². The van der Waals surface area contributed by atoms with Gasteiger partial charge in [0.05, 0.1) is 99.9 Å². The van der Waals surface area contributed by atoms with Crippen molar-refractivity contribution in [3.05, 3.63) is 176 Å². The van der Waals surface area contributed by atoms with Crippen molar-refractivity contribution in [2.24, 2.45) is 72.6 Å². The highest BCUT2D eigenvalue weighted by molar-refractivity contribution is 7.91. The fourth-order valence-electron chi connectivity index (χ4n) is 18.7. The average molecular weight is 2130 g/mol. The van der Waals surface area contributed by atoms with Gasteiger partial charge in [0.2, 0.25) is 0 Å². The molecule has 0 aromatic heterocycles. The van der Waals surface area contributed by atoms with Crippen LogP contribution in [-0.4, -0.2) is 237 Å². The quantitative estimate of drug-likeness (QED) is 0.0520. The second kappa shape index (κ2) is 46.6. The Morgan fingerprint density at radius 3 is 0.862 bits per heavy atom. The Labute approximate surface area is 850 Å². The molecule has 0 unspecified atom stereocenters. The number of piperidine rings is 4. The van der Waals surface area contributed by atoms with Crippen LogP contribution in [0.1, 0.15) is 251 Å². The van der Waals surface area contributed by atoms with Gasteiger partial charge in [-0.15, -0.1) is 26.4 Å². The van der Waals surface area contributed by atoms with Crippen molar-refractivity contribution in [3.63, 3.8) is 0 Å². The first-order valence-electron chi connectivity index (χ1n) is 48.9. The minimum absolute atomic E-state index is 0.0208. The van der Waals surface area contributed by atoms with Crippen molar-refractivity contribution in [3.8, 4) is 34.5 Å². The number of nitrogens with two attached hydrogens (primary N) is 6. The number of likely N-dealkylation sites (tertiary alicyclic amines) is 4. The summed E-state index contributed by atoms with van der Waals surface area (Å²) < 4.78 is 214. The average Bonchev–Trinajstić information content (AvgIpc) is 0.797. The predicted octanol–water partition coefficient (Wildman–Crippen LogP) is 11.5. The van der Waals surface area contributed by atoms with Crippen LogP contribution in [-0.2, 0) is 109 Å². The summed E-state index contributed by atoms with van der Waals surface area (Å²) in [6, 6.07) is 31.9. The van der Waals surface area contributed by atoms with E-state index in [1.54, 1.807) is 93.6 Å². The van der Waals surface area contributed by atoms with Crippen molar-refractivity contribution in [1.29, 1.82) is 0 Å². The number of fused-ring (bicyclic) bond motifs is 6. The predicted molar refractivity (Wildman–Crippen MR) is 553 cm³/mol. The molecule has 46 heteroatoms. The van der Waals surface area contributed by atoms with Gasteiger partial charge < -0.3 is 96.6 Å². The Morgan fingerprint density at radius 2 is 0.559 bits per heavy atom. The van der Waals surface area contributed by atoms with Crippen LogP contribution in [0, 0.1) is 11.8 Å². The van der Waals surface area contributed by atoms with Crippen molar-refractivity contribution < 1.29 is 108 Å².